The number of imidazole rings is 3. The number of nitrogens with one attached hydrogen (secondary N) is 8. The van der Waals surface area contributed by atoms with E-state index in [4.69, 9.17) is 44.6 Å². The smallest absolute Gasteiger partial charge is 0.250 e. The molecule has 0 radical (unpaired) electrons. The summed E-state index contributed by atoms with van der Waals surface area (Å²) in [6, 6.07) is 66.9. The highest BCUT2D eigenvalue weighted by Crippen LogP contribution is 2.35. The van der Waals surface area contributed by atoms with Crippen LogP contribution in [0.3, 0.4) is 0 Å². The molecule has 1 saturated heterocycles. The Hall–Kier alpha value is -18.4. The van der Waals surface area contributed by atoms with Crippen molar-refractivity contribution < 1.29 is 23.9 Å². The van der Waals surface area contributed by atoms with E-state index in [2.05, 4.69) is 110 Å². The minimum absolute atomic E-state index is 0.0602. The van der Waals surface area contributed by atoms with Gasteiger partial charge in [-0.05, 0) is 306 Å². The zero-order chi connectivity index (χ0) is 104. The molecule has 20 rings (SSSR count). The average molecular weight is 1960 g/mol. The first-order chi connectivity index (χ1) is 71.7. The SMILES string of the molecule is CN[C@@H](C)C(=O)Nc1ccc(-c2c(C)nc(N3CCOCC3)nc2C)c(C#Cc2ccc3c(ccc(=O)n3C)c2)n1.CN[C@@H](C)C(=O)Nc1ccc(-c2c(C)nc3ccccn23)c(C#Cc2ccc3c(ccc(=O)n3C)c2)n1.CN[C@@H](C)C(=O)Nc1ccc(-c2c(C)nc3ccccn23)c(C#Cc2ccc3cnccc3c2)n1.CN[C@@H](C)C(=O)Nc1ccc(-c2c(C)nc3ccccn23)c(C#Cc2ccc3ncccc3c2)n1. The zero-order valence-electron chi connectivity index (χ0n) is 84.3. The molecule has 4 atom stereocenters. The van der Waals surface area contributed by atoms with Crippen molar-refractivity contribution in [3.05, 3.63) is 350 Å². The number of carbonyl (C=O) groups excluding carboxylic acids is 4. The molecule has 4 aromatic carbocycles. The van der Waals surface area contributed by atoms with E-state index in [1.807, 2.05) is 242 Å². The van der Waals surface area contributed by atoms with E-state index >= 15 is 0 Å². The number of hydrogen-bond acceptors (Lipinski definition) is 23. The van der Waals surface area contributed by atoms with Crippen molar-refractivity contribution >= 4 is 113 Å². The van der Waals surface area contributed by atoms with Gasteiger partial charge in [0.05, 0.1) is 99.5 Å². The number of nitrogens with zero attached hydrogens (tertiary/aromatic N) is 17. The number of amides is 4. The van der Waals surface area contributed by atoms with Gasteiger partial charge in [0.25, 0.3) is 11.1 Å². The Labute approximate surface area is 853 Å². The summed E-state index contributed by atoms with van der Waals surface area (Å²) in [5.41, 5.74) is 21.5. The van der Waals surface area contributed by atoms with Crippen LogP contribution in [0.5, 0.6) is 0 Å². The van der Waals surface area contributed by atoms with Gasteiger partial charge in [-0.3, -0.25) is 51.9 Å². The third kappa shape index (κ3) is 22.9. The highest BCUT2D eigenvalue weighted by Gasteiger charge is 2.26. The Morgan fingerprint density at radius 2 is 0.703 bits per heavy atom. The minimum atomic E-state index is -0.384. The maximum absolute atomic E-state index is 12.6. The van der Waals surface area contributed by atoms with Crippen LogP contribution in [0.25, 0.3) is 105 Å². The first kappa shape index (κ1) is 101. The predicted octanol–water partition coefficient (Wildman–Crippen LogP) is 14.7. The van der Waals surface area contributed by atoms with Crippen LogP contribution in [0.15, 0.2) is 265 Å². The molecule has 1 aliphatic rings. The molecule has 32 heteroatoms. The minimum Gasteiger partial charge on any atom is -0.378 e. The van der Waals surface area contributed by atoms with Crippen LogP contribution < -0.4 is 58.6 Å². The summed E-state index contributed by atoms with van der Waals surface area (Å²) in [6.07, 6.45) is 11.3. The number of benzene rings is 4. The van der Waals surface area contributed by atoms with Crippen molar-refractivity contribution in [3.63, 3.8) is 0 Å². The molecule has 1 aliphatic heterocycles. The molecule has 8 N–H and O–H groups in total. The fourth-order valence-electron chi connectivity index (χ4n) is 16.8. The number of likely N-dealkylation sites (N-methyl/N-ethyl adjacent to an activating group) is 4. The largest absolute Gasteiger partial charge is 0.378 e. The van der Waals surface area contributed by atoms with Crippen LogP contribution >= 0.6 is 0 Å². The Balaban J connectivity index is 0.000000135. The molecule has 4 amide bonds. The Kier molecular flexibility index (Phi) is 31.1. The number of aryl methyl sites for hydroxylation is 7. The first-order valence-corrected chi connectivity index (χ1v) is 48.1. The van der Waals surface area contributed by atoms with Gasteiger partial charge in [-0.1, -0.05) is 54.0 Å². The molecule has 16 heterocycles. The lowest BCUT2D eigenvalue weighted by Crippen LogP contribution is -2.37. The number of anilines is 5. The average Bonchev–Trinajstić information content (AvgIpc) is 1.66. The van der Waals surface area contributed by atoms with Gasteiger partial charge in [0.2, 0.25) is 29.6 Å². The number of aromatic nitrogens is 16. The molecule has 32 nitrogen and oxygen atoms in total. The van der Waals surface area contributed by atoms with Gasteiger partial charge >= 0.3 is 0 Å². The van der Waals surface area contributed by atoms with E-state index in [-0.39, 0.29) is 58.9 Å². The van der Waals surface area contributed by atoms with Crippen LogP contribution in [0.1, 0.15) is 101 Å². The van der Waals surface area contributed by atoms with Crippen LogP contribution in [0, 0.1) is 82.0 Å². The van der Waals surface area contributed by atoms with Crippen molar-refractivity contribution in [1.29, 1.82) is 0 Å². The quantitative estimate of drug-likeness (QED) is 0.0393. The molecule has 15 aromatic heterocycles. The molecule has 0 spiro atoms. The van der Waals surface area contributed by atoms with Crippen molar-refractivity contribution in [3.8, 4) is 92.3 Å². The summed E-state index contributed by atoms with van der Waals surface area (Å²) in [6.45, 7) is 19.8. The molecule has 19 aromatic rings. The van der Waals surface area contributed by atoms with E-state index in [9.17, 15) is 28.8 Å². The number of pyridine rings is 11. The molecule has 0 aliphatic carbocycles. The fraction of sp³-hybridized carbons (Fsp3) is 0.198. The molecule has 0 saturated carbocycles. The molecule has 1 fully saturated rings. The van der Waals surface area contributed by atoms with E-state index in [0.29, 0.717) is 65.2 Å². The zero-order valence-corrected chi connectivity index (χ0v) is 84.3. The maximum Gasteiger partial charge on any atom is 0.250 e. The lowest BCUT2D eigenvalue weighted by atomic mass is 10.0. The lowest BCUT2D eigenvalue weighted by molar-refractivity contribution is -0.118. The number of morpholine rings is 1. The topological polar surface area (TPSA) is 376 Å². The van der Waals surface area contributed by atoms with Crippen LogP contribution in [-0.2, 0) is 38.0 Å². The molecule has 0 unspecified atom stereocenters. The van der Waals surface area contributed by atoms with Crippen molar-refractivity contribution in [2.24, 2.45) is 14.1 Å². The highest BCUT2D eigenvalue weighted by atomic mass is 16.5. The Morgan fingerprint density at radius 1 is 0.345 bits per heavy atom. The number of rotatable bonds is 17. The second kappa shape index (κ2) is 45.5. The van der Waals surface area contributed by atoms with Crippen LogP contribution in [-0.4, -0.2) is 179 Å². The fourth-order valence-corrected chi connectivity index (χ4v) is 16.8. The summed E-state index contributed by atoms with van der Waals surface area (Å²) in [5, 5.41) is 28.2. The summed E-state index contributed by atoms with van der Waals surface area (Å²) >= 11 is 0. The van der Waals surface area contributed by atoms with Gasteiger partial charge in [-0.2, -0.15) is 0 Å². The third-order valence-corrected chi connectivity index (χ3v) is 25.4. The number of ether oxygens (including phenoxy) is 1. The van der Waals surface area contributed by atoms with E-state index in [0.717, 1.165) is 169 Å². The van der Waals surface area contributed by atoms with Gasteiger partial charge in [0, 0.05) is 137 Å². The number of fused-ring (bicyclic) bond motifs is 7. The Bertz CT molecular complexity index is 8540. The first-order valence-electron chi connectivity index (χ1n) is 48.1. The van der Waals surface area contributed by atoms with E-state index < -0.39 is 0 Å². The molecule has 148 heavy (non-hydrogen) atoms. The molecular formula is C116H107N25O7. The summed E-state index contributed by atoms with van der Waals surface area (Å²) in [4.78, 5) is 127. The molecule has 738 valence electrons. The van der Waals surface area contributed by atoms with Crippen LogP contribution in [0.4, 0.5) is 29.2 Å². The number of hydrogen-bond donors (Lipinski definition) is 8. The predicted molar refractivity (Wildman–Crippen MR) is 582 cm³/mol. The summed E-state index contributed by atoms with van der Waals surface area (Å²) in [7, 11) is 10.4. The van der Waals surface area contributed by atoms with Gasteiger partial charge < -0.3 is 61.3 Å². The second-order valence-corrected chi connectivity index (χ2v) is 35.3. The third-order valence-electron chi connectivity index (χ3n) is 25.4. The van der Waals surface area contributed by atoms with Crippen LogP contribution in [0.2, 0.25) is 0 Å². The highest BCUT2D eigenvalue weighted by molar-refractivity contribution is 5.97. The van der Waals surface area contributed by atoms with Gasteiger partial charge in [0.15, 0.2) is 0 Å². The van der Waals surface area contributed by atoms with Crippen molar-refractivity contribution in [2.45, 2.75) is 86.5 Å². The van der Waals surface area contributed by atoms with E-state index in [1.54, 1.807) is 140 Å². The van der Waals surface area contributed by atoms with E-state index in [1.165, 1.54) is 0 Å². The summed E-state index contributed by atoms with van der Waals surface area (Å²) < 4.78 is 14.8. The van der Waals surface area contributed by atoms with Crippen molar-refractivity contribution in [1.82, 2.24) is 98.4 Å². The number of carbonyl (C=O) groups is 4. The molecular weight excluding hydrogens is 1860 g/mol. The van der Waals surface area contributed by atoms with Gasteiger partial charge in [0.1, 0.15) is 63.0 Å². The van der Waals surface area contributed by atoms with Gasteiger partial charge in [-0.25, -0.2) is 44.9 Å². The normalized spacial score (nSPS) is 12.4. The summed E-state index contributed by atoms with van der Waals surface area (Å²) in [5.74, 6) is 27.5. The molecule has 0 bridgehead atoms. The van der Waals surface area contributed by atoms with Crippen molar-refractivity contribution in [2.75, 3.05) is 80.7 Å². The maximum atomic E-state index is 12.6. The Morgan fingerprint density at radius 3 is 1.10 bits per heavy atom. The second-order valence-electron chi connectivity index (χ2n) is 35.3. The monoisotopic (exact) mass is 1960 g/mol. The lowest BCUT2D eigenvalue weighted by Gasteiger charge is -2.27. The van der Waals surface area contributed by atoms with Gasteiger partial charge in [-0.15, -0.1) is 0 Å². The standard InChI is InChI=1S/C31H33N7O3.C29H26N6O2.2C28H24N6O/c1-19-29(20(2)34-31(33-19)38-14-16-41-17-15-38)24-9-12-27(36-30(40)21(3)32-4)35-25(24)10-6-22-7-11-26-23(18-22)8-13-28(39)37(26)5;1-18-28(35-16-6-5-7-26(35)31-18)22-11-14-25(33-29(37)19(2)30-3)32-23(22)12-8-20-9-13-24-21(17-20)10-15-27(36)34(24)4;1-18-27(34-16-5-4-8-26(34)31-18)22-11-14-25(33-28(35)19(2)29-3)32-24(22)13-10-20-9-12-23-21(17-20)7-6-15-30-23;1-18-27(34-15-5-4-6-26(34)31-18)23-10-12-25(33-28(35)19(2)29-3)32-24(23)11-8-20-7-9-22-17-30-14-13-21(22)16-20/h7-9,11-13,18,21,32H,14-17H2,1-5H3,(H,35,36,40);5-7,9-11,13-17,19,30H,1-4H3,(H,32,33,37);4-9,11-12,14-17,19,29H,1-3H3,(H,32,33,35);4-7,9-10,12-17,19,29H,1-3H3,(H,32,33,35)/t21-;3*19-/m0000/s1.